The third kappa shape index (κ3) is 3.18. The van der Waals surface area contributed by atoms with E-state index in [4.69, 9.17) is 5.84 Å². The number of rotatable bonds is 5. The van der Waals surface area contributed by atoms with E-state index >= 15 is 0 Å². The van der Waals surface area contributed by atoms with Crippen LogP contribution in [0.3, 0.4) is 0 Å². The molecule has 0 aliphatic rings. The van der Waals surface area contributed by atoms with E-state index in [0.29, 0.717) is 5.95 Å². The minimum Gasteiger partial charge on any atom is -0.370 e. The Kier molecular flexibility index (Phi) is 4.09. The van der Waals surface area contributed by atoms with Crippen LogP contribution >= 0.6 is 0 Å². The number of nitrogens with zero attached hydrogens (tertiary/aromatic N) is 2. The number of hydrazine groups is 1. The van der Waals surface area contributed by atoms with Gasteiger partial charge in [0.1, 0.15) is 5.82 Å². The maximum absolute atomic E-state index is 5.26. The third-order valence-electron chi connectivity index (χ3n) is 2.75. The Labute approximate surface area is 106 Å². The van der Waals surface area contributed by atoms with Crippen LogP contribution in [0.2, 0.25) is 0 Å². The van der Waals surface area contributed by atoms with Gasteiger partial charge in [0.2, 0.25) is 5.95 Å². The van der Waals surface area contributed by atoms with Crippen molar-refractivity contribution < 1.29 is 0 Å². The zero-order valence-electron chi connectivity index (χ0n) is 10.4. The van der Waals surface area contributed by atoms with Gasteiger partial charge in [-0.15, -0.1) is 0 Å². The van der Waals surface area contributed by atoms with Gasteiger partial charge < -0.3 is 5.32 Å². The highest BCUT2D eigenvalue weighted by Crippen LogP contribution is 2.09. The molecule has 5 heteroatoms. The van der Waals surface area contributed by atoms with Gasteiger partial charge in [0.25, 0.3) is 0 Å². The molecule has 1 heterocycles. The standard InChI is InChI=1S/C13H17N5/c1-10-4-2-3-5-11(10)6-8-15-12-7-9-16-13(17-12)18-14/h2-5,7,9H,6,8,14H2,1H3,(H2,15,16,17,18). The molecule has 1 aromatic heterocycles. The molecular weight excluding hydrogens is 226 g/mol. The maximum atomic E-state index is 5.26. The summed E-state index contributed by atoms with van der Waals surface area (Å²) in [6.45, 7) is 2.95. The zero-order chi connectivity index (χ0) is 12.8. The summed E-state index contributed by atoms with van der Waals surface area (Å²) in [5.74, 6) is 6.44. The average Bonchev–Trinajstić information content (AvgIpc) is 2.41. The largest absolute Gasteiger partial charge is 0.370 e. The molecule has 0 fully saturated rings. The number of hydrogen-bond donors (Lipinski definition) is 3. The minimum absolute atomic E-state index is 0.413. The Hall–Kier alpha value is -2.14. The van der Waals surface area contributed by atoms with Gasteiger partial charge in [-0.2, -0.15) is 4.98 Å². The quantitative estimate of drug-likeness (QED) is 0.550. The fourth-order valence-electron chi connectivity index (χ4n) is 1.74. The van der Waals surface area contributed by atoms with E-state index in [1.807, 2.05) is 6.07 Å². The maximum Gasteiger partial charge on any atom is 0.239 e. The molecule has 0 bridgehead atoms. The summed E-state index contributed by atoms with van der Waals surface area (Å²) in [5.41, 5.74) is 5.08. The number of nitrogens with two attached hydrogens (primary N) is 1. The Morgan fingerprint density at radius 1 is 1.22 bits per heavy atom. The lowest BCUT2D eigenvalue weighted by molar-refractivity contribution is 0.986. The first kappa shape index (κ1) is 12.3. The smallest absolute Gasteiger partial charge is 0.239 e. The second-order valence-electron chi connectivity index (χ2n) is 4.01. The SMILES string of the molecule is Cc1ccccc1CCNc1ccnc(NN)n1. The summed E-state index contributed by atoms with van der Waals surface area (Å²) in [4.78, 5) is 8.14. The molecule has 2 rings (SSSR count). The number of benzene rings is 1. The van der Waals surface area contributed by atoms with Crippen LogP contribution < -0.4 is 16.6 Å². The molecule has 1 aromatic carbocycles. The van der Waals surface area contributed by atoms with Crippen molar-refractivity contribution in [1.29, 1.82) is 0 Å². The number of nitrogens with one attached hydrogen (secondary N) is 2. The summed E-state index contributed by atoms with van der Waals surface area (Å²) in [5, 5.41) is 3.25. The van der Waals surface area contributed by atoms with Crippen LogP contribution in [0.15, 0.2) is 36.5 Å². The van der Waals surface area contributed by atoms with E-state index in [1.165, 1.54) is 11.1 Å². The molecule has 0 saturated carbocycles. The van der Waals surface area contributed by atoms with Gasteiger partial charge in [0.05, 0.1) is 0 Å². The minimum atomic E-state index is 0.413. The zero-order valence-corrected chi connectivity index (χ0v) is 10.4. The normalized spacial score (nSPS) is 10.1. The first-order chi connectivity index (χ1) is 8.79. The molecule has 2 aromatic rings. The van der Waals surface area contributed by atoms with Crippen LogP contribution in [0.25, 0.3) is 0 Å². The summed E-state index contributed by atoms with van der Waals surface area (Å²) in [7, 11) is 0. The average molecular weight is 243 g/mol. The molecule has 18 heavy (non-hydrogen) atoms. The van der Waals surface area contributed by atoms with Gasteiger partial charge in [-0.05, 0) is 30.5 Å². The molecule has 4 N–H and O–H groups in total. The highest BCUT2D eigenvalue weighted by molar-refractivity contribution is 5.39. The van der Waals surface area contributed by atoms with E-state index in [-0.39, 0.29) is 0 Å². The highest BCUT2D eigenvalue weighted by atomic mass is 15.3. The number of aryl methyl sites for hydroxylation is 1. The molecule has 0 atom stereocenters. The monoisotopic (exact) mass is 243 g/mol. The van der Waals surface area contributed by atoms with Crippen LogP contribution in [0.4, 0.5) is 11.8 Å². The van der Waals surface area contributed by atoms with E-state index in [9.17, 15) is 0 Å². The molecule has 0 spiro atoms. The topological polar surface area (TPSA) is 75.9 Å². The predicted octanol–water partition coefficient (Wildman–Crippen LogP) is 1.73. The number of nitrogen functional groups attached to an aromatic ring is 1. The van der Waals surface area contributed by atoms with Crippen LogP contribution in [0.1, 0.15) is 11.1 Å². The van der Waals surface area contributed by atoms with Gasteiger partial charge in [0.15, 0.2) is 0 Å². The molecule has 5 nitrogen and oxygen atoms in total. The highest BCUT2D eigenvalue weighted by Gasteiger charge is 1.99. The van der Waals surface area contributed by atoms with Gasteiger partial charge in [0, 0.05) is 12.7 Å². The van der Waals surface area contributed by atoms with Crippen molar-refractivity contribution in [2.24, 2.45) is 5.84 Å². The molecule has 94 valence electrons. The van der Waals surface area contributed by atoms with E-state index in [2.05, 4.69) is 51.9 Å². The third-order valence-corrected chi connectivity index (χ3v) is 2.75. The molecule has 0 aliphatic heterocycles. The lowest BCUT2D eigenvalue weighted by Gasteiger charge is -2.08. The molecule has 0 amide bonds. The first-order valence-corrected chi connectivity index (χ1v) is 5.87. The summed E-state index contributed by atoms with van der Waals surface area (Å²) in [6, 6.07) is 10.2. The van der Waals surface area contributed by atoms with Crippen LogP contribution in [-0.4, -0.2) is 16.5 Å². The first-order valence-electron chi connectivity index (χ1n) is 5.87. The van der Waals surface area contributed by atoms with Crippen molar-refractivity contribution in [3.05, 3.63) is 47.7 Å². The summed E-state index contributed by atoms with van der Waals surface area (Å²) >= 11 is 0. The second-order valence-corrected chi connectivity index (χ2v) is 4.01. The molecule has 0 radical (unpaired) electrons. The Morgan fingerprint density at radius 3 is 2.83 bits per heavy atom. The lowest BCUT2D eigenvalue weighted by Crippen LogP contribution is -2.12. The van der Waals surface area contributed by atoms with Crippen molar-refractivity contribution in [3.63, 3.8) is 0 Å². The van der Waals surface area contributed by atoms with Gasteiger partial charge in [-0.1, -0.05) is 24.3 Å². The van der Waals surface area contributed by atoms with E-state index < -0.39 is 0 Å². The van der Waals surface area contributed by atoms with Crippen LogP contribution in [0, 0.1) is 6.92 Å². The van der Waals surface area contributed by atoms with Crippen LogP contribution in [-0.2, 0) is 6.42 Å². The van der Waals surface area contributed by atoms with Crippen molar-refractivity contribution in [1.82, 2.24) is 9.97 Å². The van der Waals surface area contributed by atoms with E-state index in [1.54, 1.807) is 6.20 Å². The number of aromatic nitrogens is 2. The number of hydrogen-bond acceptors (Lipinski definition) is 5. The van der Waals surface area contributed by atoms with Crippen molar-refractivity contribution in [3.8, 4) is 0 Å². The van der Waals surface area contributed by atoms with Crippen LogP contribution in [0.5, 0.6) is 0 Å². The summed E-state index contributed by atoms with van der Waals surface area (Å²) in [6.07, 6.45) is 2.63. The lowest BCUT2D eigenvalue weighted by atomic mass is 10.1. The van der Waals surface area contributed by atoms with Gasteiger partial charge in [-0.25, -0.2) is 10.8 Å². The second kappa shape index (κ2) is 5.97. The Balaban J connectivity index is 1.90. The Bertz CT molecular complexity index is 512. The molecular formula is C13H17N5. The van der Waals surface area contributed by atoms with E-state index in [0.717, 1.165) is 18.8 Å². The van der Waals surface area contributed by atoms with Crippen molar-refractivity contribution in [2.45, 2.75) is 13.3 Å². The van der Waals surface area contributed by atoms with Gasteiger partial charge >= 0.3 is 0 Å². The van der Waals surface area contributed by atoms with Crippen molar-refractivity contribution in [2.75, 3.05) is 17.3 Å². The molecule has 0 saturated heterocycles. The molecule has 0 unspecified atom stereocenters. The fraction of sp³-hybridized carbons (Fsp3) is 0.231. The van der Waals surface area contributed by atoms with Gasteiger partial charge in [-0.3, -0.25) is 5.43 Å². The summed E-state index contributed by atoms with van der Waals surface area (Å²) < 4.78 is 0. The number of anilines is 2. The fourth-order valence-corrected chi connectivity index (χ4v) is 1.74. The van der Waals surface area contributed by atoms with Crippen molar-refractivity contribution >= 4 is 11.8 Å². The Morgan fingerprint density at radius 2 is 2.06 bits per heavy atom. The molecule has 0 aliphatic carbocycles. The predicted molar refractivity (Wildman–Crippen MR) is 73.2 cm³/mol.